The fraction of sp³-hybridized carbons (Fsp3) is 0.500. The third-order valence-electron chi connectivity index (χ3n) is 3.02. The molecule has 1 aromatic heterocycles. The summed E-state index contributed by atoms with van der Waals surface area (Å²) in [6.07, 6.45) is 3.56. The molecule has 0 radical (unpaired) electrons. The quantitative estimate of drug-likeness (QED) is 0.804. The van der Waals surface area contributed by atoms with E-state index in [0.717, 1.165) is 18.2 Å². The Kier molecular flexibility index (Phi) is 2.13. The van der Waals surface area contributed by atoms with Gasteiger partial charge in [-0.05, 0) is 30.0 Å². The molecule has 15 heavy (non-hydrogen) atoms. The molecular weight excluding hydrogens is 212 g/mol. The zero-order valence-corrected chi connectivity index (χ0v) is 9.58. The molecule has 0 aliphatic heterocycles. The molecule has 1 saturated carbocycles. The first-order chi connectivity index (χ1) is 6.84. The molecule has 0 saturated heterocycles. The summed E-state index contributed by atoms with van der Waals surface area (Å²) in [7, 11) is -3.24. The van der Waals surface area contributed by atoms with Gasteiger partial charge in [-0.3, -0.25) is 0 Å². The second-order valence-corrected chi connectivity index (χ2v) is 6.26. The zero-order chi connectivity index (χ0) is 11.3. The highest BCUT2D eigenvalue weighted by molar-refractivity contribution is 7.90. The Bertz CT molecular complexity index is 498. The van der Waals surface area contributed by atoms with Crippen LogP contribution in [0.4, 0.5) is 0 Å². The Balaban J connectivity index is 2.45. The largest absolute Gasteiger partial charge is 0.321 e. The minimum atomic E-state index is -3.24. The number of hydrogen-bond donors (Lipinski definition) is 1. The number of nitrogens with zero attached hydrogens (tertiary/aromatic N) is 1. The summed E-state index contributed by atoms with van der Waals surface area (Å²) in [4.78, 5) is 3.83. The third kappa shape index (κ3) is 1.77. The van der Waals surface area contributed by atoms with Crippen molar-refractivity contribution < 1.29 is 8.42 Å². The van der Waals surface area contributed by atoms with E-state index in [0.29, 0.717) is 5.92 Å². The lowest BCUT2D eigenvalue weighted by Gasteiger charge is -2.11. The van der Waals surface area contributed by atoms with Crippen LogP contribution in [0.5, 0.6) is 0 Å². The van der Waals surface area contributed by atoms with Crippen LogP contribution in [0.1, 0.15) is 18.9 Å². The van der Waals surface area contributed by atoms with E-state index in [-0.39, 0.29) is 10.6 Å². The third-order valence-corrected chi connectivity index (χ3v) is 4.00. The molecular formula is C10H14N2O2S. The van der Waals surface area contributed by atoms with Crippen molar-refractivity contribution in [3.05, 3.63) is 23.9 Å². The monoisotopic (exact) mass is 226 g/mol. The molecule has 0 spiro atoms. The summed E-state index contributed by atoms with van der Waals surface area (Å²) in [6.45, 7) is 2.06. The molecule has 5 heteroatoms. The van der Waals surface area contributed by atoms with Crippen molar-refractivity contribution in [1.29, 1.82) is 0 Å². The number of rotatable bonds is 2. The second kappa shape index (κ2) is 3.02. The van der Waals surface area contributed by atoms with Crippen LogP contribution in [0, 0.1) is 5.92 Å². The van der Waals surface area contributed by atoms with Gasteiger partial charge in [-0.15, -0.1) is 0 Å². The zero-order valence-electron chi connectivity index (χ0n) is 8.77. The maximum atomic E-state index is 11.3. The summed E-state index contributed by atoms with van der Waals surface area (Å²) < 4.78 is 22.6. The lowest BCUT2D eigenvalue weighted by molar-refractivity contribution is 0.596. The number of nitrogens with two attached hydrogens (primary N) is 1. The standard InChI is InChI=1S/C10H14N2O2S/c1-7-6-10(7,11)8-3-4-12-9(5-8)15(2,13)14/h3-5,7H,6,11H2,1-2H3. The molecule has 1 heterocycles. The van der Waals surface area contributed by atoms with Crippen LogP contribution in [-0.2, 0) is 15.4 Å². The van der Waals surface area contributed by atoms with E-state index < -0.39 is 9.84 Å². The van der Waals surface area contributed by atoms with Gasteiger partial charge in [-0.25, -0.2) is 13.4 Å². The normalized spacial score (nSPS) is 30.2. The minimum absolute atomic E-state index is 0.101. The highest BCUT2D eigenvalue weighted by Gasteiger charge is 2.49. The van der Waals surface area contributed by atoms with Gasteiger partial charge in [0.15, 0.2) is 14.9 Å². The van der Waals surface area contributed by atoms with Crippen LogP contribution in [0.25, 0.3) is 0 Å². The predicted molar refractivity (Wildman–Crippen MR) is 57.0 cm³/mol. The summed E-state index contributed by atoms with van der Waals surface area (Å²) in [5.74, 6) is 0.410. The molecule has 0 bridgehead atoms. The first-order valence-electron chi connectivity index (χ1n) is 4.79. The summed E-state index contributed by atoms with van der Waals surface area (Å²) in [5.41, 5.74) is 6.62. The topological polar surface area (TPSA) is 73.0 Å². The van der Waals surface area contributed by atoms with Gasteiger partial charge in [0.25, 0.3) is 0 Å². The van der Waals surface area contributed by atoms with Crippen LogP contribution < -0.4 is 5.73 Å². The Morgan fingerprint density at radius 3 is 2.67 bits per heavy atom. The van der Waals surface area contributed by atoms with Gasteiger partial charge in [0.05, 0.1) is 0 Å². The van der Waals surface area contributed by atoms with Gasteiger partial charge in [0.1, 0.15) is 0 Å². The first-order valence-corrected chi connectivity index (χ1v) is 6.68. The Labute approximate surface area is 89.4 Å². The van der Waals surface area contributed by atoms with Crippen molar-refractivity contribution >= 4 is 9.84 Å². The van der Waals surface area contributed by atoms with E-state index in [1.54, 1.807) is 12.1 Å². The molecule has 1 aromatic rings. The Morgan fingerprint density at radius 1 is 1.60 bits per heavy atom. The van der Waals surface area contributed by atoms with E-state index >= 15 is 0 Å². The minimum Gasteiger partial charge on any atom is -0.321 e. The van der Waals surface area contributed by atoms with Crippen LogP contribution in [-0.4, -0.2) is 19.7 Å². The maximum Gasteiger partial charge on any atom is 0.192 e. The molecule has 82 valence electrons. The highest BCUT2D eigenvalue weighted by Crippen LogP contribution is 2.49. The van der Waals surface area contributed by atoms with Gasteiger partial charge in [-0.2, -0.15) is 0 Å². The van der Waals surface area contributed by atoms with E-state index in [1.807, 2.05) is 0 Å². The number of sulfone groups is 1. The average molecular weight is 226 g/mol. The molecule has 0 amide bonds. The van der Waals surface area contributed by atoms with Gasteiger partial charge in [0, 0.05) is 18.0 Å². The van der Waals surface area contributed by atoms with Crippen LogP contribution in [0.2, 0.25) is 0 Å². The van der Waals surface area contributed by atoms with E-state index in [2.05, 4.69) is 11.9 Å². The van der Waals surface area contributed by atoms with Crippen molar-refractivity contribution in [2.24, 2.45) is 11.7 Å². The Hall–Kier alpha value is -0.940. The van der Waals surface area contributed by atoms with E-state index in [9.17, 15) is 8.42 Å². The summed E-state index contributed by atoms with van der Waals surface area (Å²) >= 11 is 0. The number of hydrogen-bond acceptors (Lipinski definition) is 4. The second-order valence-electron chi connectivity index (χ2n) is 4.30. The van der Waals surface area contributed by atoms with Crippen molar-refractivity contribution in [3.63, 3.8) is 0 Å². The van der Waals surface area contributed by atoms with E-state index in [1.165, 1.54) is 6.20 Å². The first kappa shape index (κ1) is 10.6. The molecule has 2 unspecified atom stereocenters. The number of aromatic nitrogens is 1. The predicted octanol–water partition coefficient (Wildman–Crippen LogP) is 0.679. The van der Waals surface area contributed by atoms with E-state index in [4.69, 9.17) is 5.73 Å². The fourth-order valence-corrected chi connectivity index (χ4v) is 2.35. The highest BCUT2D eigenvalue weighted by atomic mass is 32.2. The molecule has 1 aliphatic carbocycles. The van der Waals surface area contributed by atoms with Gasteiger partial charge < -0.3 is 5.73 Å². The molecule has 2 rings (SSSR count). The van der Waals surface area contributed by atoms with Gasteiger partial charge in [0.2, 0.25) is 0 Å². The Morgan fingerprint density at radius 2 is 2.20 bits per heavy atom. The summed E-state index contributed by atoms with van der Waals surface area (Å²) in [5, 5.41) is 0.101. The van der Waals surface area contributed by atoms with Crippen molar-refractivity contribution in [3.8, 4) is 0 Å². The smallest absolute Gasteiger partial charge is 0.192 e. The maximum absolute atomic E-state index is 11.3. The molecule has 4 nitrogen and oxygen atoms in total. The van der Waals surface area contributed by atoms with Gasteiger partial charge in [-0.1, -0.05) is 6.92 Å². The lowest BCUT2D eigenvalue weighted by atomic mass is 10.1. The SMILES string of the molecule is CC1CC1(N)c1ccnc(S(C)(=O)=O)c1. The van der Waals surface area contributed by atoms with Crippen LogP contribution in [0.15, 0.2) is 23.4 Å². The average Bonchev–Trinajstić information content (AvgIpc) is 2.75. The molecule has 1 aliphatic rings. The summed E-state index contributed by atoms with van der Waals surface area (Å²) in [6, 6.07) is 3.37. The number of pyridine rings is 1. The molecule has 2 N–H and O–H groups in total. The lowest BCUT2D eigenvalue weighted by Crippen LogP contribution is -2.22. The molecule has 1 fully saturated rings. The van der Waals surface area contributed by atoms with Crippen molar-refractivity contribution in [2.45, 2.75) is 23.9 Å². The fourth-order valence-electron chi connectivity index (χ4n) is 1.75. The van der Waals surface area contributed by atoms with Crippen LogP contribution in [0.3, 0.4) is 0 Å². The van der Waals surface area contributed by atoms with Crippen LogP contribution >= 0.6 is 0 Å². The van der Waals surface area contributed by atoms with Gasteiger partial charge >= 0.3 is 0 Å². The molecule has 2 atom stereocenters. The van der Waals surface area contributed by atoms with Crippen molar-refractivity contribution in [1.82, 2.24) is 4.98 Å². The molecule has 0 aromatic carbocycles. The van der Waals surface area contributed by atoms with Crippen molar-refractivity contribution in [2.75, 3.05) is 6.26 Å².